The summed E-state index contributed by atoms with van der Waals surface area (Å²) in [4.78, 5) is 26.4. The molecular formula is C23H24Cl2N4O4S2. The normalized spacial score (nSPS) is 13.1. The fourth-order valence-electron chi connectivity index (χ4n) is 3.77. The minimum atomic E-state index is -0.412. The number of aryl methyl sites for hydroxylation is 1. The molecule has 0 saturated heterocycles. The number of amides is 1. The Kier molecular flexibility index (Phi) is 8.59. The first-order valence-corrected chi connectivity index (χ1v) is 13.5. The molecule has 0 radical (unpaired) electrons. The van der Waals surface area contributed by atoms with Crippen LogP contribution in [0.3, 0.4) is 0 Å². The van der Waals surface area contributed by atoms with Crippen LogP contribution in [0.25, 0.3) is 0 Å². The summed E-state index contributed by atoms with van der Waals surface area (Å²) in [6.45, 7) is 0.138. The first-order valence-electron chi connectivity index (χ1n) is 11.0. The van der Waals surface area contributed by atoms with Gasteiger partial charge in [-0.3, -0.25) is 4.79 Å². The number of fused-ring (bicyclic) bond motifs is 1. The first kappa shape index (κ1) is 25.8. The molecule has 8 nitrogen and oxygen atoms in total. The highest BCUT2D eigenvalue weighted by Gasteiger charge is 2.26. The Morgan fingerprint density at radius 3 is 2.80 bits per heavy atom. The fraction of sp³-hybridized carbons (Fsp3) is 0.391. The van der Waals surface area contributed by atoms with Gasteiger partial charge >= 0.3 is 5.97 Å². The van der Waals surface area contributed by atoms with E-state index in [-0.39, 0.29) is 18.3 Å². The summed E-state index contributed by atoms with van der Waals surface area (Å²) < 4.78 is 12.5. The van der Waals surface area contributed by atoms with Gasteiger partial charge in [0.15, 0.2) is 11.0 Å². The lowest BCUT2D eigenvalue weighted by Crippen LogP contribution is -2.16. The predicted octanol–water partition coefficient (Wildman–Crippen LogP) is 5.55. The first-order chi connectivity index (χ1) is 16.9. The number of thiophene rings is 1. The molecule has 3 aromatic rings. The van der Waals surface area contributed by atoms with Crippen LogP contribution in [-0.4, -0.2) is 39.5 Å². The Bertz CT molecular complexity index is 1240. The Balaban J connectivity index is 1.38. The zero-order valence-electron chi connectivity index (χ0n) is 19.2. The van der Waals surface area contributed by atoms with E-state index in [0.717, 1.165) is 42.5 Å². The van der Waals surface area contributed by atoms with Crippen LogP contribution in [0, 0.1) is 0 Å². The Morgan fingerprint density at radius 1 is 1.20 bits per heavy atom. The Labute approximate surface area is 221 Å². The van der Waals surface area contributed by atoms with E-state index < -0.39 is 5.97 Å². The average Bonchev–Trinajstić information content (AvgIpc) is 3.27. The van der Waals surface area contributed by atoms with Crippen LogP contribution in [0.2, 0.25) is 10.0 Å². The van der Waals surface area contributed by atoms with Crippen LogP contribution in [0.15, 0.2) is 23.4 Å². The maximum Gasteiger partial charge on any atom is 0.341 e. The smallest absolute Gasteiger partial charge is 0.341 e. The summed E-state index contributed by atoms with van der Waals surface area (Å²) in [7, 11) is 3.16. The standard InChI is InChI=1S/C23H24Cl2N4O4S2/c1-29-18(11-33-16-10-13(24)8-9-15(16)25)27-28-23(29)34-12-19(30)26-21-20(22(31)32-2)14-6-4-3-5-7-17(14)35-21/h8-10H,3-7,11-12H2,1-2H3,(H,26,30). The third kappa shape index (κ3) is 6.11. The lowest BCUT2D eigenvalue weighted by molar-refractivity contribution is -0.113. The predicted molar refractivity (Wildman–Crippen MR) is 138 cm³/mol. The molecule has 0 fully saturated rings. The third-order valence-corrected chi connectivity index (χ3v) is 8.35. The van der Waals surface area contributed by atoms with Gasteiger partial charge in [0.1, 0.15) is 17.4 Å². The summed E-state index contributed by atoms with van der Waals surface area (Å²) in [6.07, 6.45) is 4.98. The van der Waals surface area contributed by atoms with Gasteiger partial charge in [0.25, 0.3) is 0 Å². The molecule has 1 aliphatic carbocycles. The molecular weight excluding hydrogens is 531 g/mol. The summed E-state index contributed by atoms with van der Waals surface area (Å²) >= 11 is 14.8. The number of hydrogen-bond donors (Lipinski definition) is 1. The minimum Gasteiger partial charge on any atom is -0.484 e. The molecule has 0 bridgehead atoms. The number of anilines is 1. The monoisotopic (exact) mass is 554 g/mol. The molecule has 35 heavy (non-hydrogen) atoms. The molecule has 2 aromatic heterocycles. The van der Waals surface area contributed by atoms with Crippen molar-refractivity contribution in [3.05, 3.63) is 50.1 Å². The fourth-order valence-corrected chi connectivity index (χ4v) is 6.13. The number of nitrogens with one attached hydrogen (secondary N) is 1. The van der Waals surface area contributed by atoms with Crippen molar-refractivity contribution in [1.29, 1.82) is 0 Å². The summed E-state index contributed by atoms with van der Waals surface area (Å²) in [5.74, 6) is 0.481. The van der Waals surface area contributed by atoms with Gasteiger partial charge in [-0.15, -0.1) is 21.5 Å². The van der Waals surface area contributed by atoms with Gasteiger partial charge in [0.2, 0.25) is 5.91 Å². The van der Waals surface area contributed by atoms with Crippen LogP contribution < -0.4 is 10.1 Å². The molecule has 186 valence electrons. The van der Waals surface area contributed by atoms with Gasteiger partial charge in [0, 0.05) is 23.0 Å². The maximum absolute atomic E-state index is 12.7. The van der Waals surface area contributed by atoms with Gasteiger partial charge < -0.3 is 19.4 Å². The lowest BCUT2D eigenvalue weighted by Gasteiger charge is -2.09. The van der Waals surface area contributed by atoms with Crippen molar-refractivity contribution >= 4 is 63.2 Å². The second kappa shape index (κ2) is 11.6. The van der Waals surface area contributed by atoms with Crippen LogP contribution >= 0.6 is 46.3 Å². The van der Waals surface area contributed by atoms with E-state index in [9.17, 15) is 9.59 Å². The molecule has 1 N–H and O–H groups in total. The van der Waals surface area contributed by atoms with E-state index in [0.29, 0.717) is 37.3 Å². The van der Waals surface area contributed by atoms with Gasteiger partial charge in [-0.2, -0.15) is 0 Å². The number of esters is 1. The molecule has 1 aliphatic rings. The van der Waals surface area contributed by atoms with Crippen molar-refractivity contribution in [1.82, 2.24) is 14.8 Å². The van der Waals surface area contributed by atoms with E-state index >= 15 is 0 Å². The second-order valence-electron chi connectivity index (χ2n) is 7.92. The number of aromatic nitrogens is 3. The number of rotatable bonds is 8. The third-order valence-electron chi connectivity index (χ3n) is 5.57. The zero-order chi connectivity index (χ0) is 24.9. The minimum absolute atomic E-state index is 0.107. The number of halogens is 2. The van der Waals surface area contributed by atoms with Gasteiger partial charge in [-0.1, -0.05) is 41.4 Å². The highest BCUT2D eigenvalue weighted by Crippen LogP contribution is 2.38. The second-order valence-corrected chi connectivity index (χ2v) is 10.8. The largest absolute Gasteiger partial charge is 0.484 e. The molecule has 0 saturated carbocycles. The van der Waals surface area contributed by atoms with Crippen LogP contribution in [0.1, 0.15) is 45.9 Å². The molecule has 1 aromatic carbocycles. The van der Waals surface area contributed by atoms with Crippen molar-refractivity contribution in [2.75, 3.05) is 18.2 Å². The maximum atomic E-state index is 12.7. The number of nitrogens with zero attached hydrogens (tertiary/aromatic N) is 3. The lowest BCUT2D eigenvalue weighted by atomic mass is 10.1. The molecule has 0 aliphatic heterocycles. The molecule has 1 amide bonds. The number of ether oxygens (including phenoxy) is 2. The van der Waals surface area contributed by atoms with Crippen molar-refractivity contribution in [2.24, 2.45) is 7.05 Å². The highest BCUT2D eigenvalue weighted by atomic mass is 35.5. The number of benzene rings is 1. The van der Waals surface area contributed by atoms with Gasteiger partial charge in [0.05, 0.1) is 23.4 Å². The molecule has 0 spiro atoms. The van der Waals surface area contributed by atoms with E-state index in [1.54, 1.807) is 29.8 Å². The summed E-state index contributed by atoms with van der Waals surface area (Å²) in [5.41, 5.74) is 1.51. The molecule has 4 rings (SSSR count). The summed E-state index contributed by atoms with van der Waals surface area (Å²) in [5, 5.41) is 13.3. The van der Waals surface area contributed by atoms with Gasteiger partial charge in [-0.25, -0.2) is 4.79 Å². The van der Waals surface area contributed by atoms with Crippen LogP contribution in [-0.2, 0) is 36.0 Å². The Hall–Kier alpha value is -2.27. The molecule has 0 atom stereocenters. The summed E-state index contributed by atoms with van der Waals surface area (Å²) in [6, 6.07) is 4.97. The van der Waals surface area contributed by atoms with Crippen molar-refractivity contribution < 1.29 is 19.1 Å². The quantitative estimate of drug-likeness (QED) is 0.221. The number of carbonyl (C=O) groups is 2. The SMILES string of the molecule is COC(=O)c1c(NC(=O)CSc2nnc(COc3cc(Cl)ccc3Cl)n2C)sc2c1CCCCC2. The number of carbonyl (C=O) groups excluding carboxylic acids is 2. The number of thioether (sulfide) groups is 1. The van der Waals surface area contributed by atoms with Crippen molar-refractivity contribution in [3.8, 4) is 5.75 Å². The van der Waals surface area contributed by atoms with E-state index in [4.69, 9.17) is 32.7 Å². The molecule has 2 heterocycles. The highest BCUT2D eigenvalue weighted by molar-refractivity contribution is 7.99. The van der Waals surface area contributed by atoms with Crippen LogP contribution in [0.5, 0.6) is 5.75 Å². The van der Waals surface area contributed by atoms with E-state index in [1.165, 1.54) is 30.2 Å². The molecule has 0 unspecified atom stereocenters. The average molecular weight is 556 g/mol. The van der Waals surface area contributed by atoms with Crippen molar-refractivity contribution in [2.45, 2.75) is 43.9 Å². The van der Waals surface area contributed by atoms with Crippen LogP contribution in [0.4, 0.5) is 5.00 Å². The number of methoxy groups -OCH3 is 1. The van der Waals surface area contributed by atoms with Gasteiger partial charge in [-0.05, 0) is 43.4 Å². The van der Waals surface area contributed by atoms with E-state index in [2.05, 4.69) is 15.5 Å². The van der Waals surface area contributed by atoms with Crippen molar-refractivity contribution in [3.63, 3.8) is 0 Å². The zero-order valence-corrected chi connectivity index (χ0v) is 22.4. The topological polar surface area (TPSA) is 95.3 Å². The Morgan fingerprint density at radius 2 is 2.00 bits per heavy atom. The van der Waals surface area contributed by atoms with E-state index in [1.807, 2.05) is 0 Å². The molecule has 12 heteroatoms. The number of hydrogen-bond acceptors (Lipinski definition) is 8.